The maximum absolute atomic E-state index is 12.7. The zero-order valence-electron chi connectivity index (χ0n) is 11.6. The van der Waals surface area contributed by atoms with E-state index >= 15 is 0 Å². The SMILES string of the molecule is [B]C1(N2C(=O)c3cccc(N)c3C2([B])[B])CCC(=O)NC1=O. The number of fused-ring (bicyclic) bond motifs is 1. The molecule has 0 saturated carbocycles. The molecule has 9 heteroatoms. The van der Waals surface area contributed by atoms with Crippen LogP contribution in [0.5, 0.6) is 0 Å². The van der Waals surface area contributed by atoms with Crippen LogP contribution in [-0.4, -0.2) is 51.6 Å². The number of anilines is 1. The number of hydrogen-bond donors (Lipinski definition) is 2. The summed E-state index contributed by atoms with van der Waals surface area (Å²) in [5.74, 6) is -1.88. The molecule has 2 heterocycles. The van der Waals surface area contributed by atoms with E-state index in [4.69, 9.17) is 29.3 Å². The molecule has 1 aromatic carbocycles. The first-order chi connectivity index (χ1) is 10.2. The molecule has 0 aliphatic carbocycles. The molecule has 6 nitrogen and oxygen atoms in total. The number of amides is 3. The molecule has 1 aromatic rings. The Morgan fingerprint density at radius 2 is 1.86 bits per heavy atom. The predicted octanol–water partition coefficient (Wildman–Crippen LogP) is -1.53. The number of nitrogens with two attached hydrogens (primary N) is 1. The van der Waals surface area contributed by atoms with E-state index in [0.717, 1.165) is 4.90 Å². The van der Waals surface area contributed by atoms with Crippen molar-refractivity contribution in [3.63, 3.8) is 0 Å². The smallest absolute Gasteiger partial charge is 0.253 e. The van der Waals surface area contributed by atoms with Crippen molar-refractivity contribution in [2.75, 3.05) is 5.73 Å². The van der Waals surface area contributed by atoms with Gasteiger partial charge in [-0.25, -0.2) is 0 Å². The molecular weight excluding hydrogens is 279 g/mol. The Morgan fingerprint density at radius 1 is 1.18 bits per heavy atom. The minimum atomic E-state index is -1.84. The summed E-state index contributed by atoms with van der Waals surface area (Å²) < 4.78 is 0. The number of carbonyl (C=O) groups excluding carboxylic acids is 3. The van der Waals surface area contributed by atoms with Crippen molar-refractivity contribution in [2.24, 2.45) is 0 Å². The van der Waals surface area contributed by atoms with Gasteiger partial charge in [0.2, 0.25) is 11.8 Å². The van der Waals surface area contributed by atoms with E-state index in [2.05, 4.69) is 5.32 Å². The third-order valence-corrected chi connectivity index (χ3v) is 4.08. The number of hydrogen-bond acceptors (Lipinski definition) is 4. The Hall–Kier alpha value is -2.18. The summed E-state index contributed by atoms with van der Waals surface area (Å²) in [6, 6.07) is 4.65. The first kappa shape index (κ1) is 14.7. The van der Waals surface area contributed by atoms with Crippen molar-refractivity contribution in [3.05, 3.63) is 29.3 Å². The Balaban J connectivity index is 2.14. The highest BCUT2D eigenvalue weighted by Crippen LogP contribution is 2.43. The van der Waals surface area contributed by atoms with E-state index in [0.29, 0.717) is 0 Å². The van der Waals surface area contributed by atoms with Crippen molar-refractivity contribution in [2.45, 2.75) is 23.6 Å². The standard InChI is InChI=1S/C13H10B3N3O3/c14-12(5-4-8(20)18-11(12)22)19-10(21)6-2-1-3-7(17)9(6)13(19,15)16/h1-3H,4-5,17H2,(H,18,20,22). The van der Waals surface area contributed by atoms with Crippen LogP contribution in [0.15, 0.2) is 18.2 Å². The molecule has 3 amide bonds. The van der Waals surface area contributed by atoms with Gasteiger partial charge in [0, 0.05) is 17.7 Å². The minimum absolute atomic E-state index is 0.0199. The second-order valence-electron chi connectivity index (χ2n) is 5.54. The van der Waals surface area contributed by atoms with E-state index in [1.165, 1.54) is 6.07 Å². The number of nitrogens with one attached hydrogen (secondary N) is 1. The van der Waals surface area contributed by atoms with E-state index in [9.17, 15) is 14.4 Å². The molecule has 1 unspecified atom stereocenters. The van der Waals surface area contributed by atoms with Gasteiger partial charge in [-0.3, -0.25) is 19.7 Å². The average molecular weight is 289 g/mol. The molecule has 22 heavy (non-hydrogen) atoms. The van der Waals surface area contributed by atoms with E-state index in [1.54, 1.807) is 12.1 Å². The van der Waals surface area contributed by atoms with Crippen LogP contribution < -0.4 is 11.1 Å². The molecule has 3 N–H and O–H groups in total. The lowest BCUT2D eigenvalue weighted by Crippen LogP contribution is -2.68. The van der Waals surface area contributed by atoms with Crippen LogP contribution in [0.3, 0.4) is 0 Å². The molecule has 104 valence electrons. The molecule has 0 spiro atoms. The van der Waals surface area contributed by atoms with Crippen LogP contribution in [-0.2, 0) is 14.9 Å². The van der Waals surface area contributed by atoms with Gasteiger partial charge >= 0.3 is 0 Å². The summed E-state index contributed by atoms with van der Waals surface area (Å²) in [6.07, 6.45) is -0.0959. The lowest BCUT2D eigenvalue weighted by molar-refractivity contribution is -0.139. The predicted molar refractivity (Wildman–Crippen MR) is 81.1 cm³/mol. The number of nitrogen functional groups attached to an aromatic ring is 1. The Bertz CT molecular complexity index is 722. The van der Waals surface area contributed by atoms with Crippen molar-refractivity contribution >= 4 is 46.9 Å². The van der Waals surface area contributed by atoms with Crippen molar-refractivity contribution in [3.8, 4) is 0 Å². The quantitative estimate of drug-likeness (QED) is 0.373. The maximum Gasteiger partial charge on any atom is 0.253 e. The average Bonchev–Trinajstić information content (AvgIpc) is 2.63. The van der Waals surface area contributed by atoms with Crippen molar-refractivity contribution in [1.82, 2.24) is 10.2 Å². The minimum Gasteiger partial charge on any atom is -0.398 e. The Labute approximate surface area is 131 Å². The van der Waals surface area contributed by atoms with Gasteiger partial charge in [-0.1, -0.05) is 6.07 Å². The molecule has 1 fully saturated rings. The third kappa shape index (κ3) is 1.74. The fourth-order valence-electron chi connectivity index (χ4n) is 3.04. The number of rotatable bonds is 1. The Morgan fingerprint density at radius 3 is 2.45 bits per heavy atom. The molecule has 6 radical (unpaired) electrons. The summed E-state index contributed by atoms with van der Waals surface area (Å²) in [7, 11) is 18.3. The van der Waals surface area contributed by atoms with Gasteiger partial charge in [0.15, 0.2) is 0 Å². The van der Waals surface area contributed by atoms with Gasteiger partial charge < -0.3 is 10.6 Å². The highest BCUT2D eigenvalue weighted by molar-refractivity contribution is 6.45. The van der Waals surface area contributed by atoms with E-state index < -0.39 is 28.5 Å². The third-order valence-electron chi connectivity index (χ3n) is 4.08. The lowest BCUT2D eigenvalue weighted by atomic mass is 9.54. The largest absolute Gasteiger partial charge is 0.398 e. The summed E-state index contributed by atoms with van der Waals surface area (Å²) in [5.41, 5.74) is 4.69. The van der Waals surface area contributed by atoms with Crippen molar-refractivity contribution in [1.29, 1.82) is 0 Å². The molecule has 1 atom stereocenters. The second kappa shape index (κ2) is 4.41. The van der Waals surface area contributed by atoms with Gasteiger partial charge in [0.25, 0.3) is 5.91 Å². The fourth-order valence-corrected chi connectivity index (χ4v) is 3.04. The van der Waals surface area contributed by atoms with Gasteiger partial charge in [0.05, 0.1) is 21.1 Å². The molecule has 3 rings (SSSR count). The van der Waals surface area contributed by atoms with Crippen LogP contribution in [0, 0.1) is 0 Å². The first-order valence-electron chi connectivity index (χ1n) is 6.64. The number of piperidine rings is 1. The molecule has 1 saturated heterocycles. The number of benzene rings is 1. The zero-order chi connectivity index (χ0) is 16.3. The summed E-state index contributed by atoms with van der Waals surface area (Å²) in [5, 5.41) is 0.264. The first-order valence-corrected chi connectivity index (χ1v) is 6.64. The number of imide groups is 1. The maximum atomic E-state index is 12.7. The van der Waals surface area contributed by atoms with E-state index in [-0.39, 0.29) is 29.7 Å². The van der Waals surface area contributed by atoms with Crippen LogP contribution in [0.4, 0.5) is 5.69 Å². The monoisotopic (exact) mass is 289 g/mol. The van der Waals surface area contributed by atoms with Crippen LogP contribution in [0.25, 0.3) is 0 Å². The fraction of sp³-hybridized carbons (Fsp3) is 0.308. The Kier molecular flexibility index (Phi) is 2.96. The summed E-state index contributed by atoms with van der Waals surface area (Å²) in [4.78, 5) is 37.1. The van der Waals surface area contributed by atoms with Gasteiger partial charge in [-0.05, 0) is 29.5 Å². The van der Waals surface area contributed by atoms with Crippen molar-refractivity contribution < 1.29 is 14.4 Å². The normalized spacial score (nSPS) is 26.7. The van der Waals surface area contributed by atoms with Crippen LogP contribution in [0.1, 0.15) is 28.8 Å². The van der Waals surface area contributed by atoms with Crippen LogP contribution >= 0.6 is 0 Å². The summed E-state index contributed by atoms with van der Waals surface area (Å²) in [6.45, 7) is 0. The number of nitrogens with zero attached hydrogens (tertiary/aromatic N) is 1. The zero-order valence-corrected chi connectivity index (χ0v) is 11.6. The molecule has 2 aliphatic rings. The highest BCUT2D eigenvalue weighted by atomic mass is 16.2. The molecular formula is C13H10B3N3O3. The topological polar surface area (TPSA) is 92.5 Å². The molecule has 0 bridgehead atoms. The van der Waals surface area contributed by atoms with Gasteiger partial charge in [-0.15, -0.1) is 0 Å². The highest BCUT2D eigenvalue weighted by Gasteiger charge is 2.54. The second-order valence-corrected chi connectivity index (χ2v) is 5.54. The van der Waals surface area contributed by atoms with E-state index in [1.807, 2.05) is 0 Å². The molecule has 0 aromatic heterocycles. The number of carbonyl (C=O) groups is 3. The van der Waals surface area contributed by atoms with Gasteiger partial charge in [-0.2, -0.15) is 0 Å². The van der Waals surface area contributed by atoms with Gasteiger partial charge in [0.1, 0.15) is 7.85 Å². The van der Waals surface area contributed by atoms with Crippen LogP contribution in [0.2, 0.25) is 0 Å². The summed E-state index contributed by atoms with van der Waals surface area (Å²) >= 11 is 0. The lowest BCUT2D eigenvalue weighted by Gasteiger charge is -2.48. The molecule has 2 aliphatic heterocycles.